The van der Waals surface area contributed by atoms with Crippen LogP contribution in [-0.4, -0.2) is 53.9 Å². The summed E-state index contributed by atoms with van der Waals surface area (Å²) >= 11 is 28.1. The molecule has 2 heterocycles. The number of hydrogen-bond donors (Lipinski definition) is 3. The van der Waals surface area contributed by atoms with Crippen LogP contribution in [0.3, 0.4) is 0 Å². The van der Waals surface area contributed by atoms with Gasteiger partial charge in [0, 0.05) is 51.5 Å². The van der Waals surface area contributed by atoms with Crippen LogP contribution in [0, 0.1) is 41.3 Å². The van der Waals surface area contributed by atoms with E-state index in [9.17, 15) is 22.8 Å². The van der Waals surface area contributed by atoms with Crippen LogP contribution in [0.4, 0.5) is 10.1 Å². The summed E-state index contributed by atoms with van der Waals surface area (Å²) in [6.45, 7) is 6.20. The van der Waals surface area contributed by atoms with Crippen molar-refractivity contribution in [3.05, 3.63) is 144 Å². The summed E-state index contributed by atoms with van der Waals surface area (Å²) in [6, 6.07) is 22.5. The molecule has 2 aromatic heterocycles. The Hall–Kier alpha value is -5.33. The molecule has 6 aromatic rings. The van der Waals surface area contributed by atoms with Crippen LogP contribution in [0.5, 0.6) is 0 Å². The van der Waals surface area contributed by atoms with Gasteiger partial charge >= 0.3 is 0 Å². The van der Waals surface area contributed by atoms with E-state index < -0.39 is 38.3 Å². The molecule has 438 valence electrons. The highest BCUT2D eigenvalue weighted by Crippen LogP contribution is 2.59. The molecule has 83 heavy (non-hydrogen) atoms. The van der Waals surface area contributed by atoms with Gasteiger partial charge in [-0.3, -0.25) is 14.4 Å². The minimum Gasteiger partial charge on any atom is -0.376 e. The van der Waals surface area contributed by atoms with Crippen molar-refractivity contribution < 1.29 is 45.7 Å². The molecule has 3 amide bonds. The molecule has 0 aliphatic heterocycles. The van der Waals surface area contributed by atoms with Gasteiger partial charge in [-0.25, -0.2) is 17.5 Å². The molecule has 12 rings (SSSR count). The Kier molecular flexibility index (Phi) is 16.4. The molecule has 0 saturated heterocycles. The van der Waals surface area contributed by atoms with Gasteiger partial charge in [0.05, 0.1) is 62.5 Å². The lowest BCUT2D eigenvalue weighted by molar-refractivity contribution is -0.131. The molecule has 0 radical (unpaired) electrons. The second kappa shape index (κ2) is 23.5. The van der Waals surface area contributed by atoms with E-state index in [4.69, 9.17) is 64.9 Å². The Labute approximate surface area is 502 Å². The average Bonchev–Trinajstić information content (AvgIpc) is 2.20. The van der Waals surface area contributed by atoms with E-state index >= 15 is 4.39 Å². The van der Waals surface area contributed by atoms with Gasteiger partial charge in [-0.1, -0.05) is 106 Å². The predicted molar refractivity (Wildman–Crippen MR) is 315 cm³/mol. The second-order valence-electron chi connectivity index (χ2n) is 24.3. The molecule has 6 aliphatic rings. The molecule has 4 aromatic carbocycles. The first-order chi connectivity index (χ1) is 39.9. The normalized spacial score (nSPS) is 25.5. The zero-order valence-corrected chi connectivity index (χ0v) is 50.2. The number of halogens is 5. The van der Waals surface area contributed by atoms with Gasteiger partial charge < -0.3 is 29.2 Å². The highest BCUT2D eigenvalue weighted by atomic mass is 35.5. The minimum atomic E-state index is -3.94. The van der Waals surface area contributed by atoms with Crippen molar-refractivity contribution in [2.24, 2.45) is 35.5 Å². The smallest absolute Gasteiger partial charge is 0.264 e. The van der Waals surface area contributed by atoms with Crippen molar-refractivity contribution in [2.45, 2.75) is 146 Å². The molecule has 20 heteroatoms. The lowest BCUT2D eigenvalue weighted by Crippen LogP contribution is -2.42. The van der Waals surface area contributed by atoms with E-state index in [-0.39, 0.29) is 96.5 Å². The van der Waals surface area contributed by atoms with Crippen molar-refractivity contribution in [3.8, 4) is 22.5 Å². The Morgan fingerprint density at radius 2 is 1.41 bits per heavy atom. The maximum Gasteiger partial charge on any atom is 0.264 e. The zero-order chi connectivity index (χ0) is 58.1. The first-order valence-corrected chi connectivity index (χ1v) is 32.0. The fourth-order valence-electron chi connectivity index (χ4n) is 13.4. The Balaban J connectivity index is 0.725. The molecule has 6 fully saturated rings. The highest BCUT2D eigenvalue weighted by Gasteiger charge is 2.52. The van der Waals surface area contributed by atoms with E-state index in [2.05, 4.69) is 32.6 Å². The topological polar surface area (TPSA) is 192 Å². The predicted octanol–water partition coefficient (Wildman–Crippen LogP) is 14.9. The molecule has 6 saturated carbocycles. The number of ether oxygens (including phenoxy) is 2. The summed E-state index contributed by atoms with van der Waals surface area (Å²) in [7, 11) is -3.94. The first-order valence-electron chi connectivity index (χ1n) is 29.0. The van der Waals surface area contributed by atoms with E-state index in [0.29, 0.717) is 79.8 Å². The minimum absolute atomic E-state index is 0.0200. The third-order valence-electron chi connectivity index (χ3n) is 18.7. The molecule has 6 aliphatic carbocycles. The second-order valence-corrected chi connectivity index (χ2v) is 28.1. The maximum absolute atomic E-state index is 15.2. The van der Waals surface area contributed by atoms with Gasteiger partial charge in [-0.2, -0.15) is 0 Å². The summed E-state index contributed by atoms with van der Waals surface area (Å²) < 4.78 is 67.5. The molecule has 2 bridgehead atoms. The number of nitrogens with one attached hydrogen (secondary N) is 3. The fraction of sp³-hybridized carbons (Fsp3) is 0.476. The molecule has 14 nitrogen and oxygen atoms in total. The monoisotopic (exact) mass is 1230 g/mol. The molecule has 0 spiro atoms. The van der Waals surface area contributed by atoms with E-state index in [0.717, 1.165) is 85.8 Å². The molecular weight excluding hydrogens is 1160 g/mol. The SMILES string of the molecule is CCC1CC(COCc2c(-c3c(Cl)cc(C4CC4c4onc(-c5c(Cl)cccc5Cl)c4COC4CC5CCC(C4)C5C(=O)N[C@H](C)c4ccccc4)cc3Cl)noc2C2CC2)C(C(=O)Nc2cc(C(=O)NS(=O)(=O)C3(C)CC3)ccc2F)C1. The van der Waals surface area contributed by atoms with E-state index in [1.807, 2.05) is 49.4 Å². The summed E-state index contributed by atoms with van der Waals surface area (Å²) in [5.41, 5.74) is 5.28. The Bertz CT molecular complexity index is 3530. The van der Waals surface area contributed by atoms with Gasteiger partial charge in [0.2, 0.25) is 21.8 Å². The van der Waals surface area contributed by atoms with Gasteiger partial charge in [0.25, 0.3) is 5.91 Å². The van der Waals surface area contributed by atoms with Crippen molar-refractivity contribution in [2.75, 3.05) is 11.9 Å². The number of amides is 3. The van der Waals surface area contributed by atoms with Gasteiger partial charge in [-0.05, 0) is 168 Å². The van der Waals surface area contributed by atoms with Crippen LogP contribution >= 0.6 is 46.4 Å². The number of nitrogens with zero attached hydrogens (tertiary/aromatic N) is 2. The van der Waals surface area contributed by atoms with Gasteiger partial charge in [-0.15, -0.1) is 0 Å². The van der Waals surface area contributed by atoms with E-state index in [1.54, 1.807) is 25.1 Å². The lowest BCUT2D eigenvalue weighted by Gasteiger charge is -2.35. The number of carbonyl (C=O) groups is 3. The molecular formula is C63H66Cl4FN5O9S. The van der Waals surface area contributed by atoms with Crippen molar-refractivity contribution >= 4 is 79.8 Å². The zero-order valence-electron chi connectivity index (χ0n) is 46.3. The number of carbonyl (C=O) groups excluding carboxylic acids is 3. The summed E-state index contributed by atoms with van der Waals surface area (Å²) in [5, 5.41) is 16.8. The van der Waals surface area contributed by atoms with Crippen molar-refractivity contribution in [3.63, 3.8) is 0 Å². The van der Waals surface area contributed by atoms with Crippen LogP contribution < -0.4 is 15.4 Å². The van der Waals surface area contributed by atoms with Crippen LogP contribution in [0.15, 0.2) is 87.9 Å². The number of rotatable bonds is 21. The molecule has 7 unspecified atom stereocenters. The fourth-order valence-corrected chi connectivity index (χ4v) is 15.9. The van der Waals surface area contributed by atoms with Crippen LogP contribution in [0.2, 0.25) is 20.1 Å². The number of fused-ring (bicyclic) bond motifs is 2. The number of sulfonamides is 1. The molecule has 8 atom stereocenters. The quantitative estimate of drug-likeness (QED) is 0.0621. The number of hydrogen-bond acceptors (Lipinski definition) is 11. The van der Waals surface area contributed by atoms with Crippen molar-refractivity contribution in [1.82, 2.24) is 20.4 Å². The Morgan fingerprint density at radius 3 is 2.06 bits per heavy atom. The van der Waals surface area contributed by atoms with Gasteiger partial charge in [0.15, 0.2) is 0 Å². The number of aromatic nitrogens is 2. The molecule has 3 N–H and O–H groups in total. The maximum atomic E-state index is 15.2. The third kappa shape index (κ3) is 11.9. The van der Waals surface area contributed by atoms with Gasteiger partial charge in [0.1, 0.15) is 28.7 Å². The summed E-state index contributed by atoms with van der Waals surface area (Å²) in [5.74, 6) is -0.656. The van der Waals surface area contributed by atoms with Crippen LogP contribution in [0.1, 0.15) is 166 Å². The highest BCUT2D eigenvalue weighted by molar-refractivity contribution is 7.91. The number of anilines is 1. The van der Waals surface area contributed by atoms with Crippen molar-refractivity contribution in [1.29, 1.82) is 0 Å². The number of benzene rings is 4. The Morgan fingerprint density at radius 1 is 0.759 bits per heavy atom. The first kappa shape index (κ1) is 58.1. The average molecular weight is 1230 g/mol. The van der Waals surface area contributed by atoms with Crippen LogP contribution in [0.25, 0.3) is 22.5 Å². The largest absolute Gasteiger partial charge is 0.376 e. The van der Waals surface area contributed by atoms with Crippen LogP contribution in [-0.2, 0) is 42.3 Å². The lowest BCUT2D eigenvalue weighted by atomic mass is 9.76. The third-order valence-corrected chi connectivity index (χ3v) is 22.1. The van der Waals surface area contributed by atoms with E-state index in [1.165, 1.54) is 6.07 Å². The summed E-state index contributed by atoms with van der Waals surface area (Å²) in [4.78, 5) is 40.8. The summed E-state index contributed by atoms with van der Waals surface area (Å²) in [6.07, 6.45) is 9.02. The standard InChI is InChI=1S/C63H66Cl4FN5O9S/c1-4-33-21-40(43(22-33)61(75)70-52-27-38(17-18-51(52)68)60(74)73-83(77,78)63(3)19-20-63)29-79-30-45-56(71-81-58(45)35-13-14-35)55-49(66)25-39(26-50(55)67)42-28-44(42)59-46(57(72-82-59)54-47(64)11-8-12-48(54)65)31-80-41-23-36-15-16-37(24-41)53(36)62(76)69-32(2)34-9-6-5-7-10-34/h5-12,17-18,25-27,32-33,35-37,40-44,53H,4,13-16,19-24,28-31H2,1-3H3,(H,69,76)(H,70,75)(H,73,74)/t32-,33?,36?,37?,40?,41?,42?,43?,44?,53?/m1/s1.